The number of fused-ring (bicyclic) bond motifs is 1. The molecule has 1 aromatic carbocycles. The van der Waals surface area contributed by atoms with Crippen molar-refractivity contribution in [1.82, 2.24) is 15.6 Å². The topological polar surface area (TPSA) is 115 Å². The molecule has 2 amide bonds. The molecule has 1 aliphatic carbocycles. The third-order valence-corrected chi connectivity index (χ3v) is 5.46. The molecule has 2 aromatic rings. The van der Waals surface area contributed by atoms with Gasteiger partial charge < -0.3 is 26.4 Å². The van der Waals surface area contributed by atoms with Gasteiger partial charge in [-0.2, -0.15) is 0 Å². The zero-order valence-corrected chi connectivity index (χ0v) is 16.3. The number of anilines is 3. The molecule has 2 aliphatic rings. The third-order valence-electron chi connectivity index (χ3n) is 5.46. The minimum Gasteiger partial charge on any atom is -0.465 e. The van der Waals surface area contributed by atoms with E-state index in [1.165, 1.54) is 0 Å². The molecule has 29 heavy (non-hydrogen) atoms. The molecule has 8 heteroatoms. The molecule has 0 spiro atoms. The van der Waals surface area contributed by atoms with E-state index >= 15 is 0 Å². The van der Waals surface area contributed by atoms with Gasteiger partial charge in [0.15, 0.2) is 0 Å². The zero-order chi connectivity index (χ0) is 20.4. The smallest absolute Gasteiger partial charge is 0.404 e. The lowest BCUT2D eigenvalue weighted by atomic mass is 9.90. The monoisotopic (exact) mass is 395 g/mol. The summed E-state index contributed by atoms with van der Waals surface area (Å²) in [5.41, 5.74) is 3.40. The highest BCUT2D eigenvalue weighted by Gasteiger charge is 2.29. The number of nitrogens with one attached hydrogen (secondary N) is 4. The largest absolute Gasteiger partial charge is 0.465 e. The van der Waals surface area contributed by atoms with E-state index in [0.29, 0.717) is 23.7 Å². The minimum absolute atomic E-state index is 0.0396. The fourth-order valence-corrected chi connectivity index (χ4v) is 4.10. The van der Waals surface area contributed by atoms with E-state index in [-0.39, 0.29) is 18.0 Å². The van der Waals surface area contributed by atoms with Gasteiger partial charge in [0.1, 0.15) is 11.6 Å². The molecule has 152 valence electrons. The summed E-state index contributed by atoms with van der Waals surface area (Å²) in [5.74, 6) is 1.00. The highest BCUT2D eigenvalue weighted by molar-refractivity contribution is 6.03. The molecular formula is C21H25N5O3. The molecule has 5 N–H and O–H groups in total. The predicted octanol–water partition coefficient (Wildman–Crippen LogP) is 3.37. The lowest BCUT2D eigenvalue weighted by Crippen LogP contribution is -2.48. The van der Waals surface area contributed by atoms with Gasteiger partial charge >= 0.3 is 6.09 Å². The van der Waals surface area contributed by atoms with Crippen molar-refractivity contribution in [3.63, 3.8) is 0 Å². The molecule has 4 rings (SSSR count). The van der Waals surface area contributed by atoms with Gasteiger partial charge in [0.05, 0.1) is 11.6 Å². The van der Waals surface area contributed by atoms with Crippen LogP contribution in [0.4, 0.5) is 22.1 Å². The standard InChI is InChI=1S/C21H25N5O3/c1-12-5-4-6-14(9-12)23-19-18-13(11-22-20(18)27)10-17(26-19)24-15-7-2-3-8-16(15)25-21(28)29/h4-6,9-10,15-16,25H,2-3,7-8,11H2,1H3,(H,22,27)(H,28,29)(H2,23,24,26)/t15-,16+/m1/s1. The van der Waals surface area contributed by atoms with Crippen LogP contribution in [0.1, 0.15) is 47.2 Å². The summed E-state index contributed by atoms with van der Waals surface area (Å²) in [4.78, 5) is 28.1. The van der Waals surface area contributed by atoms with Crippen LogP contribution in [0, 0.1) is 6.92 Å². The van der Waals surface area contributed by atoms with Crippen LogP contribution in [0.3, 0.4) is 0 Å². The van der Waals surface area contributed by atoms with Gasteiger partial charge in [-0.25, -0.2) is 9.78 Å². The van der Waals surface area contributed by atoms with Gasteiger partial charge in [0.25, 0.3) is 5.91 Å². The quantitative estimate of drug-likeness (QED) is 0.530. The van der Waals surface area contributed by atoms with E-state index in [1.807, 2.05) is 37.3 Å². The molecule has 0 bridgehead atoms. The van der Waals surface area contributed by atoms with Crippen molar-refractivity contribution in [3.05, 3.63) is 47.0 Å². The first-order chi connectivity index (χ1) is 14.0. The summed E-state index contributed by atoms with van der Waals surface area (Å²) in [6.45, 7) is 2.46. The molecule has 1 aliphatic heterocycles. The molecule has 1 aromatic heterocycles. The Morgan fingerprint density at radius 2 is 2.00 bits per heavy atom. The number of aryl methyl sites for hydroxylation is 1. The summed E-state index contributed by atoms with van der Waals surface area (Å²) < 4.78 is 0. The normalized spacial score (nSPS) is 20.5. The first-order valence-corrected chi connectivity index (χ1v) is 9.91. The van der Waals surface area contributed by atoms with Crippen LogP contribution in [0.15, 0.2) is 30.3 Å². The Hall–Kier alpha value is -3.29. The molecule has 2 heterocycles. The highest BCUT2D eigenvalue weighted by Crippen LogP contribution is 2.30. The molecule has 0 saturated heterocycles. The number of pyridine rings is 1. The second-order valence-electron chi connectivity index (χ2n) is 7.66. The Bertz CT molecular complexity index is 946. The van der Waals surface area contributed by atoms with Gasteiger partial charge in [-0.15, -0.1) is 0 Å². The van der Waals surface area contributed by atoms with Crippen molar-refractivity contribution in [2.24, 2.45) is 0 Å². The number of nitrogens with zero attached hydrogens (tertiary/aromatic N) is 1. The maximum absolute atomic E-state index is 12.3. The highest BCUT2D eigenvalue weighted by atomic mass is 16.4. The summed E-state index contributed by atoms with van der Waals surface area (Å²) in [5, 5.41) is 21.3. The van der Waals surface area contributed by atoms with E-state index in [1.54, 1.807) is 0 Å². The summed E-state index contributed by atoms with van der Waals surface area (Å²) in [6.07, 6.45) is 2.68. The summed E-state index contributed by atoms with van der Waals surface area (Å²) in [6, 6.07) is 9.56. The third kappa shape index (κ3) is 4.26. The maximum atomic E-state index is 12.3. The average Bonchev–Trinajstić information content (AvgIpc) is 3.04. The molecule has 2 atom stereocenters. The second-order valence-corrected chi connectivity index (χ2v) is 7.66. The minimum atomic E-state index is -1.01. The lowest BCUT2D eigenvalue weighted by Gasteiger charge is -2.32. The number of rotatable bonds is 5. The van der Waals surface area contributed by atoms with Gasteiger partial charge in [-0.05, 0) is 49.1 Å². The number of carboxylic acid groups (broad SMARTS) is 1. The van der Waals surface area contributed by atoms with E-state index in [4.69, 9.17) is 5.11 Å². The fourth-order valence-electron chi connectivity index (χ4n) is 4.10. The fraction of sp³-hybridized carbons (Fsp3) is 0.381. The van der Waals surface area contributed by atoms with Crippen molar-refractivity contribution in [2.75, 3.05) is 10.6 Å². The van der Waals surface area contributed by atoms with Crippen LogP contribution in [-0.4, -0.2) is 34.2 Å². The van der Waals surface area contributed by atoms with E-state index in [2.05, 4.69) is 26.3 Å². The van der Waals surface area contributed by atoms with Gasteiger partial charge in [-0.3, -0.25) is 4.79 Å². The molecule has 1 fully saturated rings. The Kier molecular flexibility index (Phi) is 5.24. The van der Waals surface area contributed by atoms with E-state index in [0.717, 1.165) is 42.5 Å². The molecule has 1 saturated carbocycles. The number of benzene rings is 1. The zero-order valence-electron chi connectivity index (χ0n) is 16.3. The first kappa shape index (κ1) is 19.0. The number of carbonyl (C=O) groups is 2. The van der Waals surface area contributed by atoms with Crippen LogP contribution in [0.25, 0.3) is 0 Å². The van der Waals surface area contributed by atoms with Crippen LogP contribution >= 0.6 is 0 Å². The van der Waals surface area contributed by atoms with Crippen molar-refractivity contribution in [3.8, 4) is 0 Å². The number of aromatic nitrogens is 1. The van der Waals surface area contributed by atoms with Crippen molar-refractivity contribution in [1.29, 1.82) is 0 Å². The Morgan fingerprint density at radius 1 is 1.21 bits per heavy atom. The van der Waals surface area contributed by atoms with Crippen LogP contribution in [0.5, 0.6) is 0 Å². The Morgan fingerprint density at radius 3 is 2.76 bits per heavy atom. The Labute approximate surface area is 169 Å². The van der Waals surface area contributed by atoms with Gasteiger partial charge in [-0.1, -0.05) is 25.0 Å². The number of hydrogen-bond donors (Lipinski definition) is 5. The Balaban J connectivity index is 1.62. The van der Waals surface area contributed by atoms with Crippen LogP contribution < -0.4 is 21.3 Å². The summed E-state index contributed by atoms with van der Waals surface area (Å²) >= 11 is 0. The average molecular weight is 395 g/mol. The first-order valence-electron chi connectivity index (χ1n) is 9.91. The molecular weight excluding hydrogens is 370 g/mol. The van der Waals surface area contributed by atoms with Crippen molar-refractivity contribution in [2.45, 2.75) is 51.2 Å². The van der Waals surface area contributed by atoms with Gasteiger partial charge in [0.2, 0.25) is 0 Å². The van der Waals surface area contributed by atoms with Crippen molar-refractivity contribution < 1.29 is 14.7 Å². The van der Waals surface area contributed by atoms with Crippen LogP contribution in [-0.2, 0) is 6.54 Å². The van der Waals surface area contributed by atoms with Crippen LogP contribution in [0.2, 0.25) is 0 Å². The maximum Gasteiger partial charge on any atom is 0.404 e. The summed E-state index contributed by atoms with van der Waals surface area (Å²) in [7, 11) is 0. The van der Waals surface area contributed by atoms with E-state index < -0.39 is 6.09 Å². The van der Waals surface area contributed by atoms with E-state index in [9.17, 15) is 9.59 Å². The number of hydrogen-bond acceptors (Lipinski definition) is 5. The molecule has 8 nitrogen and oxygen atoms in total. The van der Waals surface area contributed by atoms with Gasteiger partial charge in [0, 0.05) is 18.3 Å². The second kappa shape index (κ2) is 7.98. The SMILES string of the molecule is Cc1cccc(Nc2nc(N[C@@H]3CCCC[C@@H]3NC(=O)O)cc3c2C(=O)NC3)c1. The number of amides is 2. The van der Waals surface area contributed by atoms with Crippen molar-refractivity contribution >= 4 is 29.3 Å². The molecule has 0 unspecified atom stereocenters. The number of carbonyl (C=O) groups excluding carboxylic acids is 1. The lowest BCUT2D eigenvalue weighted by molar-refractivity contribution is 0.0966. The predicted molar refractivity (Wildman–Crippen MR) is 111 cm³/mol. The molecule has 0 radical (unpaired) electrons.